The molecule has 0 unspecified atom stereocenters. The van der Waals surface area contributed by atoms with Crippen LogP contribution in [0.1, 0.15) is 34.0 Å². The molecular formula is C30H28N2O6S. The Kier molecular flexibility index (Phi) is 8.83. The van der Waals surface area contributed by atoms with Crippen molar-refractivity contribution in [2.45, 2.75) is 20.8 Å². The van der Waals surface area contributed by atoms with Gasteiger partial charge >= 0.3 is 0 Å². The van der Waals surface area contributed by atoms with Crippen molar-refractivity contribution in [2.24, 2.45) is 0 Å². The van der Waals surface area contributed by atoms with Crippen LogP contribution >= 0.6 is 11.8 Å². The summed E-state index contributed by atoms with van der Waals surface area (Å²) in [4.78, 5) is 51.5. The Morgan fingerprint density at radius 2 is 1.69 bits per heavy atom. The molecule has 1 saturated heterocycles. The van der Waals surface area contributed by atoms with Crippen molar-refractivity contribution >= 4 is 46.4 Å². The second-order valence-corrected chi connectivity index (χ2v) is 9.83. The second kappa shape index (κ2) is 12.4. The van der Waals surface area contributed by atoms with E-state index in [0.717, 1.165) is 27.8 Å². The Morgan fingerprint density at radius 1 is 0.923 bits per heavy atom. The first-order valence-corrected chi connectivity index (χ1v) is 13.2. The van der Waals surface area contributed by atoms with Gasteiger partial charge in [-0.05, 0) is 79.6 Å². The van der Waals surface area contributed by atoms with Gasteiger partial charge in [-0.2, -0.15) is 0 Å². The maximum absolute atomic E-state index is 12.9. The number of thioether (sulfide) groups is 1. The Bertz CT molecular complexity index is 1450. The van der Waals surface area contributed by atoms with E-state index in [4.69, 9.17) is 9.47 Å². The molecule has 0 aliphatic carbocycles. The summed E-state index contributed by atoms with van der Waals surface area (Å²) in [6.45, 7) is 5.60. The molecule has 8 nitrogen and oxygen atoms in total. The van der Waals surface area contributed by atoms with Gasteiger partial charge in [0, 0.05) is 11.3 Å². The third kappa shape index (κ3) is 6.94. The van der Waals surface area contributed by atoms with Crippen LogP contribution in [0.3, 0.4) is 0 Å². The summed E-state index contributed by atoms with van der Waals surface area (Å²) >= 11 is 0.775. The van der Waals surface area contributed by atoms with Crippen LogP contribution in [0.15, 0.2) is 71.6 Å². The first-order valence-electron chi connectivity index (χ1n) is 12.4. The minimum atomic E-state index is -0.532. The van der Waals surface area contributed by atoms with E-state index in [1.54, 1.807) is 54.6 Å². The van der Waals surface area contributed by atoms with Crippen molar-refractivity contribution in [2.75, 3.05) is 25.1 Å². The van der Waals surface area contributed by atoms with E-state index in [-0.39, 0.29) is 29.7 Å². The predicted molar refractivity (Wildman–Crippen MR) is 151 cm³/mol. The SMILES string of the molecule is CCOc1cc(/C=C2/SC(=O)N(CC(=O)c3ccccc3)C2=O)ccc1OCC(=O)Nc1ccc(C)c(C)c1. The molecule has 9 heteroatoms. The van der Waals surface area contributed by atoms with Crippen LogP contribution in [0, 0.1) is 13.8 Å². The number of nitrogens with zero attached hydrogens (tertiary/aromatic N) is 1. The molecule has 1 aliphatic rings. The molecule has 39 heavy (non-hydrogen) atoms. The maximum Gasteiger partial charge on any atom is 0.293 e. The van der Waals surface area contributed by atoms with E-state index in [1.165, 1.54) is 0 Å². The van der Waals surface area contributed by atoms with E-state index < -0.39 is 11.1 Å². The van der Waals surface area contributed by atoms with Crippen LogP contribution in [0.2, 0.25) is 0 Å². The Morgan fingerprint density at radius 3 is 2.41 bits per heavy atom. The first-order chi connectivity index (χ1) is 18.7. The van der Waals surface area contributed by atoms with E-state index in [9.17, 15) is 19.2 Å². The molecule has 1 fully saturated rings. The Hall–Kier alpha value is -4.37. The number of carbonyl (C=O) groups is 4. The lowest BCUT2D eigenvalue weighted by molar-refractivity contribution is -0.122. The Balaban J connectivity index is 1.43. The van der Waals surface area contributed by atoms with Crippen molar-refractivity contribution in [3.05, 3.63) is 93.9 Å². The molecule has 1 N–H and O–H groups in total. The fourth-order valence-electron chi connectivity index (χ4n) is 3.81. The summed E-state index contributed by atoms with van der Waals surface area (Å²) < 4.78 is 11.4. The zero-order chi connectivity index (χ0) is 27.9. The summed E-state index contributed by atoms with van der Waals surface area (Å²) in [6.07, 6.45) is 1.57. The number of ketones is 1. The number of hydrogen-bond acceptors (Lipinski definition) is 7. The van der Waals surface area contributed by atoms with Crippen LogP contribution in [0.4, 0.5) is 10.5 Å². The van der Waals surface area contributed by atoms with E-state index >= 15 is 0 Å². The van der Waals surface area contributed by atoms with Gasteiger partial charge in [0.05, 0.1) is 18.1 Å². The van der Waals surface area contributed by atoms with Crippen molar-refractivity contribution in [3.8, 4) is 11.5 Å². The lowest BCUT2D eigenvalue weighted by Crippen LogP contribution is -2.33. The highest BCUT2D eigenvalue weighted by Gasteiger charge is 2.36. The number of amides is 3. The number of imide groups is 1. The van der Waals surface area contributed by atoms with E-state index in [0.29, 0.717) is 34.9 Å². The number of aryl methyl sites for hydroxylation is 2. The minimum absolute atomic E-state index is 0.199. The van der Waals surface area contributed by atoms with Gasteiger partial charge in [0.15, 0.2) is 23.9 Å². The van der Waals surface area contributed by atoms with Crippen molar-refractivity contribution in [3.63, 3.8) is 0 Å². The van der Waals surface area contributed by atoms with Crippen LogP contribution in [0.25, 0.3) is 6.08 Å². The number of carbonyl (C=O) groups excluding carboxylic acids is 4. The van der Waals surface area contributed by atoms with Gasteiger partial charge in [-0.25, -0.2) is 0 Å². The van der Waals surface area contributed by atoms with Gasteiger partial charge in [0.1, 0.15) is 0 Å². The number of anilines is 1. The quantitative estimate of drug-likeness (QED) is 0.260. The average molecular weight is 545 g/mol. The smallest absolute Gasteiger partial charge is 0.293 e. The minimum Gasteiger partial charge on any atom is -0.490 e. The summed E-state index contributed by atoms with van der Waals surface area (Å²) in [6, 6.07) is 19.2. The van der Waals surface area contributed by atoms with Gasteiger partial charge in [-0.3, -0.25) is 24.1 Å². The normalized spacial score (nSPS) is 14.0. The standard InChI is InChI=1S/C30H28N2O6S/c1-4-37-26-15-21(11-13-25(26)38-18-28(34)31-23-12-10-19(2)20(3)14-23)16-27-29(35)32(30(36)39-27)17-24(33)22-8-6-5-7-9-22/h5-16H,4,17-18H2,1-3H3,(H,31,34)/b27-16+. The molecule has 0 aromatic heterocycles. The summed E-state index contributed by atoms with van der Waals surface area (Å²) in [5.74, 6) is -0.408. The van der Waals surface area contributed by atoms with Gasteiger partial charge in [0.2, 0.25) is 0 Å². The average Bonchev–Trinajstić information content (AvgIpc) is 3.18. The molecular weight excluding hydrogens is 516 g/mol. The largest absolute Gasteiger partial charge is 0.490 e. The predicted octanol–water partition coefficient (Wildman–Crippen LogP) is 5.64. The van der Waals surface area contributed by atoms with Crippen molar-refractivity contribution in [1.82, 2.24) is 4.90 Å². The zero-order valence-electron chi connectivity index (χ0n) is 21.9. The number of nitrogens with one attached hydrogen (secondary N) is 1. The third-order valence-corrected chi connectivity index (χ3v) is 6.89. The molecule has 0 radical (unpaired) electrons. The molecule has 0 atom stereocenters. The highest BCUT2D eigenvalue weighted by molar-refractivity contribution is 8.18. The second-order valence-electron chi connectivity index (χ2n) is 8.83. The zero-order valence-corrected chi connectivity index (χ0v) is 22.7. The number of Topliss-reactive ketones (excluding diaryl/α,β-unsaturated/α-hetero) is 1. The molecule has 200 valence electrons. The van der Waals surface area contributed by atoms with Gasteiger partial charge in [-0.1, -0.05) is 42.5 Å². The molecule has 1 aliphatic heterocycles. The summed E-state index contributed by atoms with van der Waals surface area (Å²) in [5, 5.41) is 2.31. The molecule has 0 saturated carbocycles. The van der Waals surface area contributed by atoms with E-state index in [1.807, 2.05) is 39.0 Å². The number of benzene rings is 3. The summed E-state index contributed by atoms with van der Waals surface area (Å²) in [5.41, 5.74) is 3.93. The monoisotopic (exact) mass is 544 g/mol. The van der Waals surface area contributed by atoms with Crippen LogP contribution in [-0.4, -0.2) is 47.5 Å². The molecule has 3 aromatic carbocycles. The number of rotatable bonds is 10. The fourth-order valence-corrected chi connectivity index (χ4v) is 4.65. The van der Waals surface area contributed by atoms with Crippen LogP contribution in [-0.2, 0) is 9.59 Å². The maximum atomic E-state index is 12.9. The Labute approximate surface area is 231 Å². The van der Waals surface area contributed by atoms with Crippen molar-refractivity contribution < 1.29 is 28.7 Å². The van der Waals surface area contributed by atoms with E-state index in [2.05, 4.69) is 5.32 Å². The molecule has 0 spiro atoms. The lowest BCUT2D eigenvalue weighted by Gasteiger charge is -2.13. The van der Waals surface area contributed by atoms with Gasteiger partial charge in [0.25, 0.3) is 17.1 Å². The molecule has 0 bridgehead atoms. The van der Waals surface area contributed by atoms with Crippen LogP contribution in [0.5, 0.6) is 11.5 Å². The highest BCUT2D eigenvalue weighted by Crippen LogP contribution is 2.35. The lowest BCUT2D eigenvalue weighted by atomic mass is 10.1. The topological polar surface area (TPSA) is 102 Å². The molecule has 3 aromatic rings. The van der Waals surface area contributed by atoms with Crippen LogP contribution < -0.4 is 14.8 Å². The third-order valence-electron chi connectivity index (χ3n) is 5.99. The van der Waals surface area contributed by atoms with Gasteiger partial charge in [-0.15, -0.1) is 0 Å². The fraction of sp³-hybridized carbons (Fsp3) is 0.200. The molecule has 1 heterocycles. The van der Waals surface area contributed by atoms with Gasteiger partial charge < -0.3 is 14.8 Å². The molecule has 3 amide bonds. The summed E-state index contributed by atoms with van der Waals surface area (Å²) in [7, 11) is 0. The highest BCUT2D eigenvalue weighted by atomic mass is 32.2. The van der Waals surface area contributed by atoms with Crippen molar-refractivity contribution in [1.29, 1.82) is 0 Å². The first kappa shape index (κ1) is 27.7. The number of ether oxygens (including phenoxy) is 2. The molecule has 4 rings (SSSR count). The number of hydrogen-bond donors (Lipinski definition) is 1.